The average molecular weight is 243 g/mol. The SMILES string of the molecule is CCn1ccnc1C(=O)c1ccc(CCN)cc1. The molecule has 18 heavy (non-hydrogen) atoms. The molecule has 0 bridgehead atoms. The highest BCUT2D eigenvalue weighted by Crippen LogP contribution is 2.10. The zero-order valence-corrected chi connectivity index (χ0v) is 10.5. The molecule has 0 spiro atoms. The Morgan fingerprint density at radius 3 is 2.67 bits per heavy atom. The third kappa shape index (κ3) is 2.49. The predicted molar refractivity (Wildman–Crippen MR) is 70.5 cm³/mol. The minimum absolute atomic E-state index is 0.0406. The number of rotatable bonds is 5. The van der Waals surface area contributed by atoms with Crippen LogP contribution in [0.1, 0.15) is 28.7 Å². The average Bonchev–Trinajstić information content (AvgIpc) is 2.87. The second-order valence-corrected chi connectivity index (χ2v) is 4.10. The molecule has 2 rings (SSSR count). The van der Waals surface area contributed by atoms with Crippen molar-refractivity contribution in [1.29, 1.82) is 0 Å². The predicted octanol–water partition coefficient (Wildman–Crippen LogP) is 1.64. The van der Waals surface area contributed by atoms with Gasteiger partial charge in [-0.3, -0.25) is 4.79 Å². The van der Waals surface area contributed by atoms with E-state index in [1.165, 1.54) is 0 Å². The number of nitrogens with zero attached hydrogens (tertiary/aromatic N) is 2. The summed E-state index contributed by atoms with van der Waals surface area (Å²) in [6.45, 7) is 3.35. The maximum atomic E-state index is 12.2. The summed E-state index contributed by atoms with van der Waals surface area (Å²) in [5.74, 6) is 0.449. The standard InChI is InChI=1S/C14H17N3O/c1-2-17-10-9-16-14(17)13(18)12-5-3-11(4-6-12)7-8-15/h3-6,9-10H,2,7-8,15H2,1H3. The van der Waals surface area contributed by atoms with Crippen molar-refractivity contribution >= 4 is 5.78 Å². The molecule has 0 unspecified atom stereocenters. The van der Waals surface area contributed by atoms with Crippen LogP contribution in [0.4, 0.5) is 0 Å². The molecular formula is C14H17N3O. The molecule has 4 nitrogen and oxygen atoms in total. The summed E-state index contributed by atoms with van der Waals surface area (Å²) in [5, 5.41) is 0. The van der Waals surface area contributed by atoms with Crippen molar-refractivity contribution in [2.45, 2.75) is 19.9 Å². The molecule has 94 valence electrons. The first-order valence-electron chi connectivity index (χ1n) is 6.11. The second-order valence-electron chi connectivity index (χ2n) is 4.10. The van der Waals surface area contributed by atoms with Gasteiger partial charge in [0.2, 0.25) is 5.78 Å². The van der Waals surface area contributed by atoms with Crippen molar-refractivity contribution < 1.29 is 4.79 Å². The first-order chi connectivity index (χ1) is 8.76. The Morgan fingerprint density at radius 2 is 2.06 bits per heavy atom. The topological polar surface area (TPSA) is 60.9 Å². The summed E-state index contributed by atoms with van der Waals surface area (Å²) < 4.78 is 1.84. The number of imidazole rings is 1. The van der Waals surface area contributed by atoms with E-state index in [4.69, 9.17) is 5.73 Å². The molecule has 0 aliphatic carbocycles. The van der Waals surface area contributed by atoms with Gasteiger partial charge in [-0.05, 0) is 25.5 Å². The van der Waals surface area contributed by atoms with Gasteiger partial charge < -0.3 is 10.3 Å². The van der Waals surface area contributed by atoms with Crippen molar-refractivity contribution in [3.63, 3.8) is 0 Å². The van der Waals surface area contributed by atoms with Gasteiger partial charge in [0, 0.05) is 24.5 Å². The van der Waals surface area contributed by atoms with Gasteiger partial charge in [-0.2, -0.15) is 0 Å². The van der Waals surface area contributed by atoms with Crippen LogP contribution < -0.4 is 5.73 Å². The fraction of sp³-hybridized carbons (Fsp3) is 0.286. The minimum Gasteiger partial charge on any atom is -0.330 e. The molecule has 2 aromatic rings. The van der Waals surface area contributed by atoms with Crippen LogP contribution in [0.5, 0.6) is 0 Å². The Labute approximate surface area is 106 Å². The van der Waals surface area contributed by atoms with Gasteiger partial charge in [0.15, 0.2) is 5.82 Å². The van der Waals surface area contributed by atoms with Crippen LogP contribution in [-0.2, 0) is 13.0 Å². The van der Waals surface area contributed by atoms with Gasteiger partial charge >= 0.3 is 0 Å². The van der Waals surface area contributed by atoms with E-state index in [0.29, 0.717) is 17.9 Å². The number of aryl methyl sites for hydroxylation is 1. The van der Waals surface area contributed by atoms with Crippen LogP contribution in [0.3, 0.4) is 0 Å². The van der Waals surface area contributed by atoms with Gasteiger partial charge in [-0.25, -0.2) is 4.98 Å². The summed E-state index contributed by atoms with van der Waals surface area (Å²) in [6.07, 6.45) is 4.30. The Morgan fingerprint density at radius 1 is 1.33 bits per heavy atom. The lowest BCUT2D eigenvalue weighted by Gasteiger charge is -2.05. The van der Waals surface area contributed by atoms with Gasteiger partial charge in [0.05, 0.1) is 0 Å². The highest BCUT2D eigenvalue weighted by molar-refractivity contribution is 6.06. The molecule has 0 fully saturated rings. The smallest absolute Gasteiger partial charge is 0.228 e. The molecule has 0 aliphatic heterocycles. The molecule has 0 radical (unpaired) electrons. The molecule has 1 aromatic carbocycles. The normalized spacial score (nSPS) is 10.6. The molecule has 0 atom stereocenters. The monoisotopic (exact) mass is 243 g/mol. The van der Waals surface area contributed by atoms with E-state index >= 15 is 0 Å². The largest absolute Gasteiger partial charge is 0.330 e. The number of hydrogen-bond acceptors (Lipinski definition) is 3. The number of carbonyl (C=O) groups excluding carboxylic acids is 1. The molecule has 1 aromatic heterocycles. The van der Waals surface area contributed by atoms with Crippen molar-refractivity contribution in [3.8, 4) is 0 Å². The van der Waals surface area contributed by atoms with Crippen molar-refractivity contribution in [2.24, 2.45) is 5.73 Å². The van der Waals surface area contributed by atoms with Crippen LogP contribution in [-0.4, -0.2) is 21.9 Å². The summed E-state index contributed by atoms with van der Waals surface area (Å²) in [7, 11) is 0. The van der Waals surface area contributed by atoms with E-state index in [1.54, 1.807) is 6.20 Å². The molecule has 0 amide bonds. The summed E-state index contributed by atoms with van der Waals surface area (Å²) >= 11 is 0. The summed E-state index contributed by atoms with van der Waals surface area (Å²) in [6, 6.07) is 7.56. The van der Waals surface area contributed by atoms with Gasteiger partial charge in [-0.1, -0.05) is 24.3 Å². The third-order valence-electron chi connectivity index (χ3n) is 2.91. The molecule has 1 heterocycles. The minimum atomic E-state index is -0.0406. The third-order valence-corrected chi connectivity index (χ3v) is 2.91. The fourth-order valence-corrected chi connectivity index (χ4v) is 1.89. The van der Waals surface area contributed by atoms with Gasteiger partial charge in [0.25, 0.3) is 0 Å². The van der Waals surface area contributed by atoms with Crippen LogP contribution in [0, 0.1) is 0 Å². The number of carbonyl (C=O) groups is 1. The Bertz CT molecular complexity index is 528. The van der Waals surface area contributed by atoms with Crippen LogP contribution >= 0.6 is 0 Å². The van der Waals surface area contributed by atoms with E-state index in [1.807, 2.05) is 42.0 Å². The molecule has 0 saturated heterocycles. The summed E-state index contributed by atoms with van der Waals surface area (Å²) in [4.78, 5) is 16.4. The van der Waals surface area contributed by atoms with Crippen LogP contribution in [0.2, 0.25) is 0 Å². The number of ketones is 1. The lowest BCUT2D eigenvalue weighted by atomic mass is 10.1. The Hall–Kier alpha value is -1.94. The lowest BCUT2D eigenvalue weighted by molar-refractivity contribution is 0.102. The Kier molecular flexibility index (Phi) is 3.89. The zero-order valence-electron chi connectivity index (χ0n) is 10.5. The van der Waals surface area contributed by atoms with Gasteiger partial charge in [0.1, 0.15) is 0 Å². The molecule has 0 saturated carbocycles. The molecule has 4 heteroatoms. The maximum Gasteiger partial charge on any atom is 0.228 e. The number of nitrogens with two attached hydrogens (primary N) is 1. The highest BCUT2D eigenvalue weighted by atomic mass is 16.1. The zero-order chi connectivity index (χ0) is 13.0. The quantitative estimate of drug-likeness (QED) is 0.812. The Balaban J connectivity index is 2.23. The lowest BCUT2D eigenvalue weighted by Crippen LogP contribution is -2.10. The van der Waals surface area contributed by atoms with Crippen molar-refractivity contribution in [2.75, 3.05) is 6.54 Å². The van der Waals surface area contributed by atoms with E-state index in [0.717, 1.165) is 18.5 Å². The first-order valence-corrected chi connectivity index (χ1v) is 6.11. The van der Waals surface area contributed by atoms with E-state index in [9.17, 15) is 4.79 Å². The molecule has 2 N–H and O–H groups in total. The summed E-state index contributed by atoms with van der Waals surface area (Å²) in [5.41, 5.74) is 7.30. The molecule has 0 aliphatic rings. The van der Waals surface area contributed by atoms with Crippen LogP contribution in [0.15, 0.2) is 36.7 Å². The number of benzene rings is 1. The number of hydrogen-bond donors (Lipinski definition) is 1. The van der Waals surface area contributed by atoms with Crippen molar-refractivity contribution in [3.05, 3.63) is 53.6 Å². The van der Waals surface area contributed by atoms with Crippen molar-refractivity contribution in [1.82, 2.24) is 9.55 Å². The van der Waals surface area contributed by atoms with Crippen LogP contribution in [0.25, 0.3) is 0 Å². The second kappa shape index (κ2) is 5.60. The fourth-order valence-electron chi connectivity index (χ4n) is 1.89. The van der Waals surface area contributed by atoms with E-state index in [-0.39, 0.29) is 5.78 Å². The highest BCUT2D eigenvalue weighted by Gasteiger charge is 2.14. The van der Waals surface area contributed by atoms with Gasteiger partial charge in [-0.15, -0.1) is 0 Å². The maximum absolute atomic E-state index is 12.2. The van der Waals surface area contributed by atoms with E-state index in [2.05, 4.69) is 4.98 Å². The number of aromatic nitrogens is 2. The van der Waals surface area contributed by atoms with E-state index < -0.39 is 0 Å². The first kappa shape index (κ1) is 12.5. The molecular weight excluding hydrogens is 226 g/mol.